The fourth-order valence-corrected chi connectivity index (χ4v) is 6.77. The molecule has 0 amide bonds. The van der Waals surface area contributed by atoms with Crippen LogP contribution in [0.25, 0.3) is 0 Å². The van der Waals surface area contributed by atoms with Crippen LogP contribution in [0.4, 0.5) is 0 Å². The summed E-state index contributed by atoms with van der Waals surface area (Å²) in [6, 6.07) is 0.606. The maximum Gasteiger partial charge on any atom is 0.101 e. The highest BCUT2D eigenvalue weighted by atomic mass is 15.4. The van der Waals surface area contributed by atoms with Crippen molar-refractivity contribution in [3.63, 3.8) is 0 Å². The fourth-order valence-electron chi connectivity index (χ4n) is 6.77. The van der Waals surface area contributed by atoms with Crippen molar-refractivity contribution >= 4 is 0 Å². The molecule has 41 heavy (non-hydrogen) atoms. The first-order valence-electron chi connectivity index (χ1n) is 19.4. The molecule has 0 spiro atoms. The van der Waals surface area contributed by atoms with Gasteiger partial charge in [-0.15, -0.1) is 0 Å². The van der Waals surface area contributed by atoms with Gasteiger partial charge in [0.15, 0.2) is 0 Å². The van der Waals surface area contributed by atoms with Gasteiger partial charge < -0.3 is 9.80 Å². The lowest BCUT2D eigenvalue weighted by Gasteiger charge is -2.35. The second-order valence-corrected chi connectivity index (χ2v) is 13.9. The predicted molar refractivity (Wildman–Crippen MR) is 186 cm³/mol. The van der Waals surface area contributed by atoms with E-state index in [4.69, 9.17) is 0 Å². The molecule has 2 heteroatoms. The smallest absolute Gasteiger partial charge is 0.101 e. The lowest BCUT2D eigenvalue weighted by atomic mass is 10.0. The minimum atomic E-state index is 0.606. The van der Waals surface area contributed by atoms with Gasteiger partial charge in [0, 0.05) is 25.0 Å². The largest absolute Gasteiger partial charge is 0.356 e. The molecule has 0 saturated heterocycles. The summed E-state index contributed by atoms with van der Waals surface area (Å²) in [6.07, 6.45) is 48.7. The summed E-state index contributed by atoms with van der Waals surface area (Å²) in [6.45, 7) is 10.6. The molecule has 0 bridgehead atoms. The van der Waals surface area contributed by atoms with Gasteiger partial charge in [0.2, 0.25) is 0 Å². The molecule has 0 radical (unpaired) electrons. The molecule has 244 valence electrons. The Bertz CT molecular complexity index is 542. The van der Waals surface area contributed by atoms with E-state index in [2.05, 4.69) is 49.9 Å². The van der Waals surface area contributed by atoms with Crippen LogP contribution in [0.1, 0.15) is 220 Å². The van der Waals surface area contributed by atoms with Gasteiger partial charge in [-0.05, 0) is 33.1 Å². The maximum atomic E-state index is 2.67. The van der Waals surface area contributed by atoms with Gasteiger partial charge >= 0.3 is 0 Å². The quantitative estimate of drug-likeness (QED) is 0.0737. The third-order valence-electron chi connectivity index (χ3n) is 9.59. The Morgan fingerprint density at radius 2 is 0.732 bits per heavy atom. The van der Waals surface area contributed by atoms with Gasteiger partial charge in [0.25, 0.3) is 0 Å². The van der Waals surface area contributed by atoms with E-state index in [1.807, 2.05) is 0 Å². The summed E-state index contributed by atoms with van der Waals surface area (Å²) in [5.74, 6) is 0. The van der Waals surface area contributed by atoms with Crippen LogP contribution in [-0.4, -0.2) is 28.6 Å². The highest BCUT2D eigenvalue weighted by Gasteiger charge is 2.26. The number of nitrogens with zero attached hydrogens (tertiary/aromatic N) is 2. The first kappa shape index (κ1) is 38.4. The lowest BCUT2D eigenvalue weighted by Crippen LogP contribution is -2.42. The molecule has 0 aromatic heterocycles. The second-order valence-electron chi connectivity index (χ2n) is 13.9. The van der Waals surface area contributed by atoms with Crippen molar-refractivity contribution in [3.8, 4) is 0 Å². The normalized spacial score (nSPS) is 15.2. The zero-order valence-corrected chi connectivity index (χ0v) is 29.1. The Morgan fingerprint density at radius 3 is 1.07 bits per heavy atom. The van der Waals surface area contributed by atoms with Gasteiger partial charge in [0.05, 0.1) is 0 Å². The van der Waals surface area contributed by atoms with Crippen LogP contribution in [0.15, 0.2) is 12.4 Å². The summed E-state index contributed by atoms with van der Waals surface area (Å²) in [7, 11) is 0. The molecule has 0 aromatic rings. The van der Waals surface area contributed by atoms with E-state index in [1.165, 1.54) is 199 Å². The molecular weight excluding hydrogens is 496 g/mol. The number of hydrogen-bond acceptors (Lipinski definition) is 2. The van der Waals surface area contributed by atoms with Crippen molar-refractivity contribution in [3.05, 3.63) is 12.4 Å². The van der Waals surface area contributed by atoms with Crippen molar-refractivity contribution in [1.82, 2.24) is 9.80 Å². The van der Waals surface area contributed by atoms with E-state index < -0.39 is 0 Å². The summed E-state index contributed by atoms with van der Waals surface area (Å²) in [5, 5.41) is 0. The van der Waals surface area contributed by atoms with Gasteiger partial charge in [-0.25, -0.2) is 0 Å². The zero-order valence-electron chi connectivity index (χ0n) is 29.1. The van der Waals surface area contributed by atoms with Crippen molar-refractivity contribution < 1.29 is 0 Å². The van der Waals surface area contributed by atoms with Crippen molar-refractivity contribution in [1.29, 1.82) is 0 Å². The second kappa shape index (κ2) is 29.4. The molecule has 0 saturated carbocycles. The summed E-state index contributed by atoms with van der Waals surface area (Å²) >= 11 is 0. The van der Waals surface area contributed by atoms with E-state index in [1.54, 1.807) is 0 Å². The molecule has 0 N–H and O–H groups in total. The molecule has 1 heterocycles. The van der Waals surface area contributed by atoms with Crippen LogP contribution < -0.4 is 0 Å². The third-order valence-corrected chi connectivity index (χ3v) is 9.59. The fraction of sp³-hybridized carbons (Fsp3) is 0.949. The topological polar surface area (TPSA) is 6.48 Å². The standard InChI is InChI=1S/C39H78N2/c1-5-7-9-11-13-15-17-19-20-21-22-23-24-26-28-30-32-34-39-40(36-37-41(39)38(3)4)35-33-31-29-27-25-18-16-14-12-10-8-6-2/h36-39H,5-35H2,1-4H3. The van der Waals surface area contributed by atoms with Crippen LogP contribution in [0.3, 0.4) is 0 Å². The van der Waals surface area contributed by atoms with Gasteiger partial charge in [0.1, 0.15) is 6.17 Å². The highest BCUT2D eigenvalue weighted by Crippen LogP contribution is 2.25. The lowest BCUT2D eigenvalue weighted by molar-refractivity contribution is 0.114. The van der Waals surface area contributed by atoms with E-state index in [9.17, 15) is 0 Å². The minimum absolute atomic E-state index is 0.606. The average Bonchev–Trinajstić information content (AvgIpc) is 3.38. The Kier molecular flexibility index (Phi) is 27.5. The first-order valence-corrected chi connectivity index (χ1v) is 19.4. The Hall–Kier alpha value is -0.660. The molecule has 2 nitrogen and oxygen atoms in total. The first-order chi connectivity index (χ1) is 20.2. The summed E-state index contributed by atoms with van der Waals surface area (Å²) in [5.41, 5.74) is 0. The molecule has 1 aliphatic heterocycles. The Balaban J connectivity index is 1.97. The molecule has 0 fully saturated rings. The van der Waals surface area contributed by atoms with Crippen molar-refractivity contribution in [2.24, 2.45) is 0 Å². The molecule has 1 unspecified atom stereocenters. The van der Waals surface area contributed by atoms with Gasteiger partial charge in [-0.2, -0.15) is 0 Å². The maximum absolute atomic E-state index is 2.67. The third kappa shape index (κ3) is 22.5. The molecule has 1 atom stereocenters. The predicted octanol–water partition coefficient (Wildman–Crippen LogP) is 13.6. The molecule has 0 aromatic carbocycles. The van der Waals surface area contributed by atoms with Gasteiger partial charge in [-0.1, -0.05) is 187 Å². The van der Waals surface area contributed by atoms with Crippen molar-refractivity contribution in [2.75, 3.05) is 6.54 Å². The molecular formula is C39H78N2. The Labute approximate surface area is 260 Å². The van der Waals surface area contributed by atoms with E-state index in [-0.39, 0.29) is 0 Å². The van der Waals surface area contributed by atoms with Crippen LogP contribution in [0.2, 0.25) is 0 Å². The Morgan fingerprint density at radius 1 is 0.415 bits per heavy atom. The molecule has 1 rings (SSSR count). The average molecular weight is 575 g/mol. The summed E-state index contributed by atoms with van der Waals surface area (Å²) < 4.78 is 0. The van der Waals surface area contributed by atoms with Gasteiger partial charge in [-0.3, -0.25) is 0 Å². The number of unbranched alkanes of at least 4 members (excludes halogenated alkanes) is 27. The summed E-state index contributed by atoms with van der Waals surface area (Å²) in [4.78, 5) is 5.29. The van der Waals surface area contributed by atoms with E-state index >= 15 is 0 Å². The SMILES string of the molecule is CCCCCCCCCCCCCCCCCCCC1N(CCCCCCCCCCCCCC)C=CN1C(C)C. The zero-order chi connectivity index (χ0) is 29.6. The van der Waals surface area contributed by atoms with Crippen LogP contribution in [-0.2, 0) is 0 Å². The van der Waals surface area contributed by atoms with Crippen LogP contribution >= 0.6 is 0 Å². The number of hydrogen-bond donors (Lipinski definition) is 0. The van der Waals surface area contributed by atoms with Crippen LogP contribution in [0, 0.1) is 0 Å². The minimum Gasteiger partial charge on any atom is -0.356 e. The molecule has 0 aliphatic carbocycles. The number of rotatable bonds is 32. The monoisotopic (exact) mass is 575 g/mol. The van der Waals surface area contributed by atoms with E-state index in [0.717, 1.165) is 0 Å². The highest BCUT2D eigenvalue weighted by molar-refractivity contribution is 4.98. The van der Waals surface area contributed by atoms with Crippen molar-refractivity contribution in [2.45, 2.75) is 233 Å². The van der Waals surface area contributed by atoms with Crippen LogP contribution in [0.5, 0.6) is 0 Å². The van der Waals surface area contributed by atoms with E-state index in [0.29, 0.717) is 12.2 Å². The molecule has 1 aliphatic rings.